The highest BCUT2D eigenvalue weighted by atomic mass is 32.2. The molecule has 0 radical (unpaired) electrons. The number of nitrogens with zero attached hydrogens (tertiary/aromatic N) is 3. The highest BCUT2D eigenvalue weighted by Gasteiger charge is 2.39. The van der Waals surface area contributed by atoms with Crippen molar-refractivity contribution in [3.05, 3.63) is 77.9 Å². The largest absolute Gasteiger partial charge is 0.337 e. The van der Waals surface area contributed by atoms with Gasteiger partial charge in [0.25, 0.3) is 0 Å². The number of hydrogen-bond acceptors (Lipinski definition) is 4. The fraction of sp³-hybridized carbons (Fsp3) is 0.217. The molecule has 3 aromatic carbocycles. The summed E-state index contributed by atoms with van der Waals surface area (Å²) in [5.41, 5.74) is 1.38. The highest BCUT2D eigenvalue weighted by molar-refractivity contribution is 7.89. The van der Waals surface area contributed by atoms with E-state index in [2.05, 4.69) is 6.07 Å². The number of nitriles is 1. The molecule has 1 fully saturated rings. The predicted octanol–water partition coefficient (Wildman–Crippen LogP) is 3.13. The molecule has 0 aromatic heterocycles. The van der Waals surface area contributed by atoms with Crippen molar-refractivity contribution in [3.8, 4) is 6.07 Å². The van der Waals surface area contributed by atoms with E-state index in [-0.39, 0.29) is 10.8 Å². The minimum atomic E-state index is -3.81. The van der Waals surface area contributed by atoms with Gasteiger partial charge in [0.1, 0.15) is 6.04 Å². The molecule has 7 heteroatoms. The minimum Gasteiger partial charge on any atom is -0.337 e. The maximum atomic E-state index is 13.2. The number of hydrogen-bond donors (Lipinski definition) is 0. The van der Waals surface area contributed by atoms with Crippen LogP contribution in [0.15, 0.2) is 71.6 Å². The molecule has 0 aliphatic carbocycles. The molecule has 6 nitrogen and oxygen atoms in total. The molecule has 1 heterocycles. The van der Waals surface area contributed by atoms with Crippen LogP contribution in [-0.4, -0.2) is 43.2 Å². The molecule has 0 N–H and O–H groups in total. The van der Waals surface area contributed by atoms with Crippen molar-refractivity contribution in [2.24, 2.45) is 0 Å². The smallest absolute Gasteiger partial charge is 0.243 e. The van der Waals surface area contributed by atoms with Gasteiger partial charge in [-0.3, -0.25) is 4.79 Å². The van der Waals surface area contributed by atoms with Gasteiger partial charge in [0.05, 0.1) is 16.5 Å². The number of benzene rings is 3. The van der Waals surface area contributed by atoms with Crippen molar-refractivity contribution in [1.82, 2.24) is 9.21 Å². The third kappa shape index (κ3) is 3.67. The van der Waals surface area contributed by atoms with Gasteiger partial charge in [-0.1, -0.05) is 42.5 Å². The van der Waals surface area contributed by atoms with E-state index < -0.39 is 16.1 Å². The Labute approximate surface area is 176 Å². The SMILES string of the molecule is CN([C@H]1CCN(Cc2cccc(C#N)c2)C1=O)S(=O)(=O)c1ccc2ccccc2c1. The van der Waals surface area contributed by atoms with E-state index >= 15 is 0 Å². The number of likely N-dealkylation sites (N-methyl/N-ethyl adjacent to an activating group) is 1. The van der Waals surface area contributed by atoms with Crippen LogP contribution in [0.3, 0.4) is 0 Å². The predicted molar refractivity (Wildman–Crippen MR) is 114 cm³/mol. The zero-order chi connectivity index (χ0) is 21.3. The minimum absolute atomic E-state index is 0.177. The monoisotopic (exact) mass is 419 g/mol. The quantitative estimate of drug-likeness (QED) is 0.636. The van der Waals surface area contributed by atoms with E-state index in [0.29, 0.717) is 25.1 Å². The lowest BCUT2D eigenvalue weighted by molar-refractivity contribution is -0.131. The second-order valence-corrected chi connectivity index (χ2v) is 9.40. The maximum Gasteiger partial charge on any atom is 0.243 e. The highest BCUT2D eigenvalue weighted by Crippen LogP contribution is 2.26. The molecule has 0 spiro atoms. The van der Waals surface area contributed by atoms with Crippen molar-refractivity contribution >= 4 is 26.7 Å². The molecule has 0 unspecified atom stereocenters. The van der Waals surface area contributed by atoms with Crippen LogP contribution in [0.1, 0.15) is 17.5 Å². The summed E-state index contributed by atoms with van der Waals surface area (Å²) in [6.45, 7) is 0.826. The Morgan fingerprint density at radius 1 is 1.07 bits per heavy atom. The van der Waals surface area contributed by atoms with Gasteiger partial charge in [-0.2, -0.15) is 9.57 Å². The van der Waals surface area contributed by atoms with E-state index in [1.165, 1.54) is 11.4 Å². The van der Waals surface area contributed by atoms with Crippen LogP contribution < -0.4 is 0 Å². The topological polar surface area (TPSA) is 81.5 Å². The summed E-state index contributed by atoms with van der Waals surface area (Å²) in [5.74, 6) is -0.218. The summed E-state index contributed by atoms with van der Waals surface area (Å²) < 4.78 is 27.5. The molecule has 4 rings (SSSR count). The fourth-order valence-corrected chi connectivity index (χ4v) is 5.22. The normalized spacial score (nSPS) is 16.9. The number of carbonyl (C=O) groups is 1. The first kappa shape index (κ1) is 20.1. The van der Waals surface area contributed by atoms with Gasteiger partial charge in [0, 0.05) is 20.1 Å². The van der Waals surface area contributed by atoms with E-state index in [9.17, 15) is 13.2 Å². The third-order valence-electron chi connectivity index (χ3n) is 5.54. The van der Waals surface area contributed by atoms with Crippen LogP contribution in [0.5, 0.6) is 0 Å². The summed E-state index contributed by atoms with van der Waals surface area (Å²) >= 11 is 0. The fourth-order valence-electron chi connectivity index (χ4n) is 3.84. The molecule has 30 heavy (non-hydrogen) atoms. The maximum absolute atomic E-state index is 13.2. The van der Waals surface area contributed by atoms with Gasteiger partial charge in [-0.05, 0) is 47.0 Å². The van der Waals surface area contributed by atoms with Crippen LogP contribution in [0, 0.1) is 11.3 Å². The lowest BCUT2D eigenvalue weighted by Crippen LogP contribution is -2.42. The number of amides is 1. The molecular formula is C23H21N3O3S. The number of sulfonamides is 1. The van der Waals surface area contributed by atoms with Crippen LogP contribution in [0.2, 0.25) is 0 Å². The molecule has 1 aliphatic heterocycles. The number of likely N-dealkylation sites (tertiary alicyclic amines) is 1. The summed E-state index contributed by atoms with van der Waals surface area (Å²) in [7, 11) is -2.35. The molecule has 1 saturated heterocycles. The first-order valence-corrected chi connectivity index (χ1v) is 11.1. The third-order valence-corrected chi connectivity index (χ3v) is 7.40. The molecule has 0 saturated carbocycles. The zero-order valence-electron chi connectivity index (χ0n) is 16.5. The van der Waals surface area contributed by atoms with Gasteiger partial charge in [-0.25, -0.2) is 8.42 Å². The first-order chi connectivity index (χ1) is 14.4. The van der Waals surface area contributed by atoms with Crippen LogP contribution in [0.4, 0.5) is 0 Å². The van der Waals surface area contributed by atoms with Crippen molar-refractivity contribution < 1.29 is 13.2 Å². The van der Waals surface area contributed by atoms with E-state index in [1.54, 1.807) is 41.3 Å². The second-order valence-electron chi connectivity index (χ2n) is 7.41. The number of carbonyl (C=O) groups excluding carboxylic acids is 1. The van der Waals surface area contributed by atoms with Gasteiger partial charge >= 0.3 is 0 Å². The Morgan fingerprint density at radius 2 is 1.83 bits per heavy atom. The number of fused-ring (bicyclic) bond motifs is 1. The summed E-state index contributed by atoms with van der Waals surface area (Å²) in [5, 5.41) is 10.8. The Kier molecular flexibility index (Phi) is 5.29. The van der Waals surface area contributed by atoms with Gasteiger partial charge in [-0.15, -0.1) is 0 Å². The number of rotatable bonds is 5. The summed E-state index contributed by atoms with van der Waals surface area (Å²) in [6.07, 6.45) is 0.431. The Balaban J connectivity index is 1.54. The van der Waals surface area contributed by atoms with E-state index in [1.807, 2.05) is 30.3 Å². The Bertz CT molecular complexity index is 1260. The van der Waals surface area contributed by atoms with Crippen molar-refractivity contribution in [2.45, 2.75) is 23.9 Å². The average Bonchev–Trinajstić information content (AvgIpc) is 3.12. The molecule has 152 valence electrons. The van der Waals surface area contributed by atoms with E-state index in [4.69, 9.17) is 5.26 Å². The van der Waals surface area contributed by atoms with Gasteiger partial charge < -0.3 is 4.90 Å². The van der Waals surface area contributed by atoms with Gasteiger partial charge in [0.2, 0.25) is 15.9 Å². The summed E-state index contributed by atoms with van der Waals surface area (Å²) in [6, 6.07) is 21.0. The molecule has 1 amide bonds. The average molecular weight is 420 g/mol. The first-order valence-electron chi connectivity index (χ1n) is 9.65. The summed E-state index contributed by atoms with van der Waals surface area (Å²) in [4.78, 5) is 14.8. The van der Waals surface area contributed by atoms with Crippen molar-refractivity contribution in [1.29, 1.82) is 5.26 Å². The Hall–Kier alpha value is -3.21. The van der Waals surface area contributed by atoms with Gasteiger partial charge in [0.15, 0.2) is 0 Å². The molecule has 0 bridgehead atoms. The van der Waals surface area contributed by atoms with Crippen molar-refractivity contribution in [2.75, 3.05) is 13.6 Å². The second kappa shape index (κ2) is 7.90. The zero-order valence-corrected chi connectivity index (χ0v) is 17.3. The van der Waals surface area contributed by atoms with Crippen LogP contribution >= 0.6 is 0 Å². The lowest BCUT2D eigenvalue weighted by atomic mass is 10.1. The lowest BCUT2D eigenvalue weighted by Gasteiger charge is -2.24. The van der Waals surface area contributed by atoms with E-state index in [0.717, 1.165) is 16.3 Å². The standard InChI is InChI=1S/C23H21N3O3S/c1-25(30(28,29)21-10-9-19-7-2-3-8-20(19)14-21)22-11-12-26(23(22)27)16-18-6-4-5-17(13-18)15-24/h2-10,13-14,22H,11-12,16H2,1H3/t22-/m0/s1. The van der Waals surface area contributed by atoms with Crippen molar-refractivity contribution in [3.63, 3.8) is 0 Å². The molecule has 1 aliphatic rings. The van der Waals surface area contributed by atoms with Crippen LogP contribution in [-0.2, 0) is 21.4 Å². The van der Waals surface area contributed by atoms with Crippen LogP contribution in [0.25, 0.3) is 10.8 Å². The molecule has 1 atom stereocenters. The molecular weight excluding hydrogens is 398 g/mol. The molecule has 3 aromatic rings. The Morgan fingerprint density at radius 3 is 2.60 bits per heavy atom.